The largest absolute Gasteiger partial charge is 0.345 e. The third-order valence-corrected chi connectivity index (χ3v) is 4.30. The Morgan fingerprint density at radius 1 is 1.19 bits per heavy atom. The van der Waals surface area contributed by atoms with Crippen LogP contribution in [-0.2, 0) is 13.1 Å². The highest BCUT2D eigenvalue weighted by Crippen LogP contribution is 2.18. The Hall–Kier alpha value is -1.94. The number of benzene rings is 1. The summed E-state index contributed by atoms with van der Waals surface area (Å²) in [6, 6.07) is 11.9. The molecule has 0 saturated carbocycles. The van der Waals surface area contributed by atoms with Crippen molar-refractivity contribution in [3.63, 3.8) is 0 Å². The van der Waals surface area contributed by atoms with Crippen LogP contribution in [0.5, 0.6) is 0 Å². The van der Waals surface area contributed by atoms with Gasteiger partial charge in [-0.05, 0) is 50.5 Å². The van der Waals surface area contributed by atoms with E-state index in [0.717, 1.165) is 16.3 Å². The molecule has 0 bridgehead atoms. The Morgan fingerprint density at radius 3 is 2.50 bits per heavy atom. The van der Waals surface area contributed by atoms with Gasteiger partial charge in [-0.15, -0.1) is 0 Å². The fraction of sp³-hybridized carbons (Fsp3) is 0.476. The smallest absolute Gasteiger partial charge is 0.318 e. The first-order valence-corrected chi connectivity index (χ1v) is 9.48. The first kappa shape index (κ1) is 20.4. The SMILES string of the molecule is CC(C)CN(Cc1cccn1Cc1ccccc1Cl)C(=O)NC(C)(C)C. The highest BCUT2D eigenvalue weighted by Gasteiger charge is 2.21. The average Bonchev–Trinajstić information content (AvgIpc) is 2.94. The number of amides is 2. The normalized spacial score (nSPS) is 11.7. The zero-order valence-electron chi connectivity index (χ0n) is 16.4. The van der Waals surface area contributed by atoms with Crippen LogP contribution in [-0.4, -0.2) is 27.6 Å². The van der Waals surface area contributed by atoms with Crippen LogP contribution in [0, 0.1) is 5.92 Å². The van der Waals surface area contributed by atoms with Gasteiger partial charge in [0.25, 0.3) is 0 Å². The monoisotopic (exact) mass is 375 g/mol. The maximum absolute atomic E-state index is 12.7. The van der Waals surface area contributed by atoms with Crippen LogP contribution in [0.1, 0.15) is 45.9 Å². The number of rotatable bonds is 6. The highest BCUT2D eigenvalue weighted by atomic mass is 35.5. The van der Waals surface area contributed by atoms with Crippen molar-refractivity contribution < 1.29 is 4.79 Å². The first-order chi connectivity index (χ1) is 12.2. The number of nitrogens with zero attached hydrogens (tertiary/aromatic N) is 2. The number of halogens is 1. The summed E-state index contributed by atoms with van der Waals surface area (Å²) in [5.74, 6) is 0.396. The zero-order valence-corrected chi connectivity index (χ0v) is 17.2. The molecule has 2 rings (SSSR count). The summed E-state index contributed by atoms with van der Waals surface area (Å²) in [7, 11) is 0. The van der Waals surface area contributed by atoms with E-state index >= 15 is 0 Å². The van der Waals surface area contributed by atoms with E-state index in [9.17, 15) is 4.79 Å². The molecule has 1 aromatic carbocycles. The van der Waals surface area contributed by atoms with Crippen LogP contribution in [0.4, 0.5) is 4.79 Å². The number of carbonyl (C=O) groups is 1. The van der Waals surface area contributed by atoms with Crippen molar-refractivity contribution in [3.8, 4) is 0 Å². The fourth-order valence-corrected chi connectivity index (χ4v) is 3.01. The van der Waals surface area contributed by atoms with Gasteiger partial charge >= 0.3 is 6.03 Å². The Kier molecular flexibility index (Phi) is 6.76. The summed E-state index contributed by atoms with van der Waals surface area (Å²) in [4.78, 5) is 14.6. The van der Waals surface area contributed by atoms with Gasteiger partial charge in [0.15, 0.2) is 0 Å². The maximum Gasteiger partial charge on any atom is 0.318 e. The standard InChI is InChI=1S/C21H30ClN3O/c1-16(2)13-25(20(26)23-21(3,4)5)15-18-10-8-12-24(18)14-17-9-6-7-11-19(17)22/h6-12,16H,13-15H2,1-5H3,(H,23,26). The Labute approximate surface area is 162 Å². The van der Waals surface area contributed by atoms with Crippen molar-refractivity contribution in [3.05, 3.63) is 58.9 Å². The van der Waals surface area contributed by atoms with E-state index in [2.05, 4.69) is 29.8 Å². The van der Waals surface area contributed by atoms with Gasteiger partial charge in [0, 0.05) is 35.5 Å². The number of nitrogens with one attached hydrogen (secondary N) is 1. The quantitative estimate of drug-likeness (QED) is 0.744. The van der Waals surface area contributed by atoms with Gasteiger partial charge in [-0.1, -0.05) is 43.6 Å². The Bertz CT molecular complexity index is 731. The van der Waals surface area contributed by atoms with Crippen molar-refractivity contribution in [1.82, 2.24) is 14.8 Å². The van der Waals surface area contributed by atoms with E-state index < -0.39 is 0 Å². The van der Waals surface area contributed by atoms with Gasteiger partial charge in [0.05, 0.1) is 6.54 Å². The lowest BCUT2D eigenvalue weighted by Crippen LogP contribution is -2.49. The summed E-state index contributed by atoms with van der Waals surface area (Å²) in [5, 5.41) is 3.83. The predicted octanol–water partition coefficient (Wildman–Crippen LogP) is 5.16. The molecule has 5 heteroatoms. The van der Waals surface area contributed by atoms with Crippen LogP contribution in [0.2, 0.25) is 5.02 Å². The number of hydrogen-bond acceptors (Lipinski definition) is 1. The second-order valence-electron chi connectivity index (χ2n) is 8.17. The van der Waals surface area contributed by atoms with E-state index in [1.54, 1.807) is 0 Å². The second kappa shape index (κ2) is 8.63. The lowest BCUT2D eigenvalue weighted by Gasteiger charge is -2.30. The van der Waals surface area contributed by atoms with Crippen molar-refractivity contribution in [1.29, 1.82) is 0 Å². The average molecular weight is 376 g/mol. The van der Waals surface area contributed by atoms with Crippen molar-refractivity contribution >= 4 is 17.6 Å². The van der Waals surface area contributed by atoms with Gasteiger partial charge in [-0.2, -0.15) is 0 Å². The zero-order chi connectivity index (χ0) is 19.3. The third kappa shape index (κ3) is 6.10. The predicted molar refractivity (Wildman–Crippen MR) is 109 cm³/mol. The molecule has 2 amide bonds. The number of aromatic nitrogens is 1. The third-order valence-electron chi connectivity index (χ3n) is 3.93. The minimum Gasteiger partial charge on any atom is -0.345 e. The van der Waals surface area contributed by atoms with Gasteiger partial charge in [-0.25, -0.2) is 4.79 Å². The number of carbonyl (C=O) groups excluding carboxylic acids is 1. The van der Waals surface area contributed by atoms with E-state index in [1.165, 1.54) is 0 Å². The van der Waals surface area contributed by atoms with Crippen molar-refractivity contribution in [2.24, 2.45) is 5.92 Å². The van der Waals surface area contributed by atoms with Crippen LogP contribution < -0.4 is 5.32 Å². The summed E-state index contributed by atoms with van der Waals surface area (Å²) in [6.07, 6.45) is 2.04. The van der Waals surface area contributed by atoms with Crippen molar-refractivity contribution in [2.75, 3.05) is 6.54 Å². The molecule has 0 aliphatic heterocycles. The number of urea groups is 1. The van der Waals surface area contributed by atoms with Crippen molar-refractivity contribution in [2.45, 2.75) is 53.2 Å². The lowest BCUT2D eigenvalue weighted by atomic mass is 10.1. The molecule has 0 radical (unpaired) electrons. The fourth-order valence-electron chi connectivity index (χ4n) is 2.81. The molecular weight excluding hydrogens is 346 g/mol. The van der Waals surface area contributed by atoms with E-state index in [1.807, 2.05) is 62.2 Å². The van der Waals surface area contributed by atoms with Crippen LogP contribution in [0.25, 0.3) is 0 Å². The molecule has 1 N–H and O–H groups in total. The maximum atomic E-state index is 12.7. The molecule has 0 saturated heterocycles. The molecule has 142 valence electrons. The van der Waals surface area contributed by atoms with Gasteiger partial charge in [0.2, 0.25) is 0 Å². The molecule has 4 nitrogen and oxygen atoms in total. The Balaban J connectivity index is 2.17. The highest BCUT2D eigenvalue weighted by molar-refractivity contribution is 6.31. The van der Waals surface area contributed by atoms with E-state index in [-0.39, 0.29) is 11.6 Å². The molecule has 1 aromatic heterocycles. The first-order valence-electron chi connectivity index (χ1n) is 9.10. The molecule has 0 atom stereocenters. The minimum atomic E-state index is -0.258. The Morgan fingerprint density at radius 2 is 1.88 bits per heavy atom. The molecule has 0 aliphatic rings. The number of hydrogen-bond donors (Lipinski definition) is 1. The minimum absolute atomic E-state index is 0.0308. The summed E-state index contributed by atoms with van der Waals surface area (Å²) in [6.45, 7) is 12.2. The lowest BCUT2D eigenvalue weighted by molar-refractivity contribution is 0.177. The molecule has 26 heavy (non-hydrogen) atoms. The summed E-state index contributed by atoms with van der Waals surface area (Å²) < 4.78 is 2.15. The summed E-state index contributed by atoms with van der Waals surface area (Å²) >= 11 is 6.30. The van der Waals surface area contributed by atoms with Gasteiger partial charge in [-0.3, -0.25) is 0 Å². The molecule has 0 unspecified atom stereocenters. The molecular formula is C21H30ClN3O. The van der Waals surface area contributed by atoms with E-state index in [4.69, 9.17) is 11.6 Å². The molecule has 0 spiro atoms. The van der Waals surface area contributed by atoms with Gasteiger partial charge < -0.3 is 14.8 Å². The second-order valence-corrected chi connectivity index (χ2v) is 8.58. The molecule has 0 fully saturated rings. The van der Waals surface area contributed by atoms with E-state index in [0.29, 0.717) is 25.6 Å². The van der Waals surface area contributed by atoms with Crippen LogP contribution >= 0.6 is 11.6 Å². The molecule has 1 heterocycles. The summed E-state index contributed by atoms with van der Waals surface area (Å²) in [5.41, 5.74) is 1.90. The van der Waals surface area contributed by atoms with Crippen LogP contribution in [0.15, 0.2) is 42.6 Å². The van der Waals surface area contributed by atoms with Crippen LogP contribution in [0.3, 0.4) is 0 Å². The molecule has 2 aromatic rings. The van der Waals surface area contributed by atoms with Gasteiger partial charge in [0.1, 0.15) is 0 Å². The molecule has 0 aliphatic carbocycles. The topological polar surface area (TPSA) is 37.3 Å².